The molecule has 0 aromatic heterocycles. The number of ether oxygens (including phenoxy) is 2. The Morgan fingerprint density at radius 1 is 1.25 bits per heavy atom. The van der Waals surface area contributed by atoms with Gasteiger partial charge in [-0.25, -0.2) is 0 Å². The lowest BCUT2D eigenvalue weighted by molar-refractivity contribution is -0.0562. The van der Waals surface area contributed by atoms with Gasteiger partial charge in [0.15, 0.2) is 0 Å². The zero-order chi connectivity index (χ0) is 14.6. The summed E-state index contributed by atoms with van der Waals surface area (Å²) in [5, 5.41) is 9.12. The highest BCUT2D eigenvalue weighted by Gasteiger charge is 2.52. The van der Waals surface area contributed by atoms with Crippen LogP contribution in [0.5, 0.6) is 0 Å². The summed E-state index contributed by atoms with van der Waals surface area (Å²) in [6.07, 6.45) is 0.211. The molecule has 2 fully saturated rings. The lowest BCUT2D eigenvalue weighted by atomic mass is 10.2. The molecule has 2 aliphatic rings. The second kappa shape index (κ2) is 7.30. The smallest absolute Gasteiger partial charge is 0.396 e. The standard InChI is InChI=1S/C13H26O6Si/c1-10(4-14)5-17-20(18-6-11(2)7-19-20)12(3)15-8-13-9-16-13/h10-14H,4-9H2,1-3H3. The van der Waals surface area contributed by atoms with Crippen LogP contribution < -0.4 is 0 Å². The van der Waals surface area contributed by atoms with E-state index >= 15 is 0 Å². The number of hydrogen-bond acceptors (Lipinski definition) is 6. The lowest BCUT2D eigenvalue weighted by Crippen LogP contribution is -2.60. The van der Waals surface area contributed by atoms with E-state index < -0.39 is 8.80 Å². The van der Waals surface area contributed by atoms with Crippen molar-refractivity contribution in [2.24, 2.45) is 11.8 Å². The van der Waals surface area contributed by atoms with Crippen molar-refractivity contribution in [2.45, 2.75) is 32.6 Å². The van der Waals surface area contributed by atoms with Gasteiger partial charge < -0.3 is 27.9 Å². The SMILES string of the molecule is CC(CO)CO[Si]1(C(C)OCC2CO2)OCC(C)CO1. The highest BCUT2D eigenvalue weighted by molar-refractivity contribution is 6.62. The molecular weight excluding hydrogens is 280 g/mol. The molecule has 2 aliphatic heterocycles. The third kappa shape index (κ3) is 4.49. The van der Waals surface area contributed by atoms with Crippen molar-refractivity contribution in [2.75, 3.05) is 39.6 Å². The number of epoxide rings is 1. The van der Waals surface area contributed by atoms with E-state index in [2.05, 4.69) is 6.92 Å². The van der Waals surface area contributed by atoms with Crippen molar-refractivity contribution in [3.05, 3.63) is 0 Å². The summed E-state index contributed by atoms with van der Waals surface area (Å²) in [5.41, 5.74) is -0.218. The molecule has 3 atom stereocenters. The maximum Gasteiger partial charge on any atom is 0.531 e. The minimum atomic E-state index is -2.83. The van der Waals surface area contributed by atoms with Gasteiger partial charge >= 0.3 is 8.80 Å². The third-order valence-electron chi connectivity index (χ3n) is 3.45. The van der Waals surface area contributed by atoms with Crippen molar-refractivity contribution < 1.29 is 27.9 Å². The number of aliphatic hydroxyl groups excluding tert-OH is 1. The average Bonchev–Trinajstić information content (AvgIpc) is 3.28. The first-order chi connectivity index (χ1) is 9.55. The molecule has 0 aliphatic carbocycles. The van der Waals surface area contributed by atoms with Crippen LogP contribution in [-0.4, -0.2) is 65.4 Å². The van der Waals surface area contributed by atoms with Crippen LogP contribution >= 0.6 is 0 Å². The molecule has 2 rings (SSSR count). The molecule has 0 bridgehead atoms. The third-order valence-corrected chi connectivity index (χ3v) is 6.32. The van der Waals surface area contributed by atoms with Gasteiger partial charge in [-0.15, -0.1) is 0 Å². The molecule has 2 saturated heterocycles. The predicted octanol–water partition coefficient (Wildman–Crippen LogP) is 0.596. The van der Waals surface area contributed by atoms with E-state index in [1.54, 1.807) is 0 Å². The van der Waals surface area contributed by atoms with E-state index in [9.17, 15) is 0 Å². The van der Waals surface area contributed by atoms with Crippen LogP contribution in [0.25, 0.3) is 0 Å². The van der Waals surface area contributed by atoms with Gasteiger partial charge in [0.05, 0.1) is 13.2 Å². The normalized spacial score (nSPS) is 36.6. The van der Waals surface area contributed by atoms with Crippen LogP contribution in [0.4, 0.5) is 0 Å². The highest BCUT2D eigenvalue weighted by Crippen LogP contribution is 2.25. The molecule has 6 nitrogen and oxygen atoms in total. The second-order valence-corrected chi connectivity index (χ2v) is 8.75. The van der Waals surface area contributed by atoms with Crippen LogP contribution in [0.3, 0.4) is 0 Å². The molecule has 3 unspecified atom stereocenters. The summed E-state index contributed by atoms with van der Waals surface area (Å²) in [6.45, 7) is 9.04. The van der Waals surface area contributed by atoms with Gasteiger partial charge in [-0.05, 0) is 6.92 Å². The molecule has 1 N–H and O–H groups in total. The van der Waals surface area contributed by atoms with Gasteiger partial charge in [0.25, 0.3) is 0 Å². The van der Waals surface area contributed by atoms with Crippen molar-refractivity contribution in [1.82, 2.24) is 0 Å². The molecule has 2 heterocycles. The predicted molar refractivity (Wildman–Crippen MR) is 74.2 cm³/mol. The fourth-order valence-electron chi connectivity index (χ4n) is 1.87. The Balaban J connectivity index is 1.90. The monoisotopic (exact) mass is 306 g/mol. The van der Waals surface area contributed by atoms with Crippen molar-refractivity contribution >= 4 is 8.80 Å². The van der Waals surface area contributed by atoms with Crippen molar-refractivity contribution in [1.29, 1.82) is 0 Å². The fourth-order valence-corrected chi connectivity index (χ4v) is 4.68. The van der Waals surface area contributed by atoms with Gasteiger partial charge in [0.2, 0.25) is 0 Å². The largest absolute Gasteiger partial charge is 0.531 e. The maximum atomic E-state index is 9.12. The Morgan fingerprint density at radius 3 is 2.45 bits per heavy atom. The number of aliphatic hydroxyl groups is 1. The van der Waals surface area contributed by atoms with Crippen LogP contribution in [0.2, 0.25) is 0 Å². The summed E-state index contributed by atoms with van der Waals surface area (Å²) in [4.78, 5) is 0. The summed E-state index contributed by atoms with van der Waals surface area (Å²) in [5.74, 6) is 0.429. The summed E-state index contributed by atoms with van der Waals surface area (Å²) in [6, 6.07) is 0. The Labute approximate surface area is 121 Å². The van der Waals surface area contributed by atoms with Crippen LogP contribution in [-0.2, 0) is 22.8 Å². The zero-order valence-electron chi connectivity index (χ0n) is 12.5. The Morgan fingerprint density at radius 2 is 1.90 bits per heavy atom. The summed E-state index contributed by atoms with van der Waals surface area (Å²) < 4.78 is 28.8. The topological polar surface area (TPSA) is 69.7 Å². The Hall–Kier alpha value is -0.0231. The van der Waals surface area contributed by atoms with Crippen LogP contribution in [0, 0.1) is 11.8 Å². The first kappa shape index (κ1) is 16.3. The van der Waals surface area contributed by atoms with Gasteiger partial charge in [-0.1, -0.05) is 13.8 Å². The molecule has 0 aromatic rings. The van der Waals surface area contributed by atoms with Crippen molar-refractivity contribution in [3.8, 4) is 0 Å². The minimum absolute atomic E-state index is 0.0601. The van der Waals surface area contributed by atoms with E-state index in [4.69, 9.17) is 27.9 Å². The van der Waals surface area contributed by atoms with Gasteiger partial charge in [-0.3, -0.25) is 0 Å². The van der Waals surface area contributed by atoms with Crippen molar-refractivity contribution in [3.63, 3.8) is 0 Å². The number of hydrogen-bond donors (Lipinski definition) is 1. The maximum absolute atomic E-state index is 9.12. The van der Waals surface area contributed by atoms with E-state index in [0.29, 0.717) is 32.3 Å². The zero-order valence-corrected chi connectivity index (χ0v) is 13.5. The molecule has 0 radical (unpaired) electrons. The quantitative estimate of drug-likeness (QED) is 0.523. The highest BCUT2D eigenvalue weighted by atomic mass is 28.4. The van der Waals surface area contributed by atoms with E-state index in [1.165, 1.54) is 0 Å². The van der Waals surface area contributed by atoms with E-state index in [0.717, 1.165) is 6.61 Å². The summed E-state index contributed by atoms with van der Waals surface area (Å²) in [7, 11) is -2.83. The van der Waals surface area contributed by atoms with Gasteiger partial charge in [0.1, 0.15) is 11.8 Å². The molecular formula is C13H26O6Si. The molecule has 7 heteroatoms. The molecule has 0 spiro atoms. The molecule has 20 heavy (non-hydrogen) atoms. The molecule has 0 amide bonds. The second-order valence-electron chi connectivity index (χ2n) is 5.86. The van der Waals surface area contributed by atoms with E-state index in [1.807, 2.05) is 13.8 Å². The first-order valence-electron chi connectivity index (χ1n) is 7.31. The van der Waals surface area contributed by atoms with Crippen LogP contribution in [0.15, 0.2) is 0 Å². The number of rotatable bonds is 8. The fraction of sp³-hybridized carbons (Fsp3) is 1.00. The van der Waals surface area contributed by atoms with Gasteiger partial charge in [-0.2, -0.15) is 0 Å². The van der Waals surface area contributed by atoms with E-state index in [-0.39, 0.29) is 24.4 Å². The average molecular weight is 306 g/mol. The molecule has 0 saturated carbocycles. The Bertz CT molecular complexity index is 291. The van der Waals surface area contributed by atoms with Crippen LogP contribution in [0.1, 0.15) is 20.8 Å². The van der Waals surface area contributed by atoms with Gasteiger partial charge in [0, 0.05) is 38.3 Å². The summed E-state index contributed by atoms with van der Waals surface area (Å²) >= 11 is 0. The molecule has 118 valence electrons. The Kier molecular flexibility index (Phi) is 5.97. The molecule has 0 aromatic carbocycles. The first-order valence-corrected chi connectivity index (χ1v) is 9.12. The minimum Gasteiger partial charge on any atom is -0.396 e. The lowest BCUT2D eigenvalue weighted by Gasteiger charge is -2.39.